The molecule has 0 fully saturated rings. The number of furan rings is 1. The molecule has 0 N–H and O–H groups in total. The standard InChI is InChI=1S/C26H24N4O/c1-19(28-29(2)23-9-4-3-5-10-23)26-17-22-16-20(12-13-25(22)31-26)18-27-30-15-14-21-8-6-7-11-24(21)30/h3-13,16-18H,14-15H2,1-2H3/b27-18+,28-19+. The van der Waals surface area contributed by atoms with Gasteiger partial charge < -0.3 is 4.42 Å². The highest BCUT2D eigenvalue weighted by Crippen LogP contribution is 2.27. The molecule has 1 aliphatic heterocycles. The molecule has 0 amide bonds. The molecule has 0 bridgehead atoms. The van der Waals surface area contributed by atoms with Crippen LogP contribution in [-0.4, -0.2) is 25.5 Å². The van der Waals surface area contributed by atoms with Gasteiger partial charge in [0, 0.05) is 19.0 Å². The van der Waals surface area contributed by atoms with Crippen molar-refractivity contribution in [3.8, 4) is 0 Å². The zero-order chi connectivity index (χ0) is 21.2. The number of nitrogens with zero attached hydrogens (tertiary/aromatic N) is 4. The summed E-state index contributed by atoms with van der Waals surface area (Å²) in [5.74, 6) is 0.764. The molecule has 0 atom stereocenters. The van der Waals surface area contributed by atoms with Crippen LogP contribution in [0.4, 0.5) is 11.4 Å². The van der Waals surface area contributed by atoms with Crippen LogP contribution in [0.3, 0.4) is 0 Å². The highest BCUT2D eigenvalue weighted by molar-refractivity contribution is 6.01. The van der Waals surface area contributed by atoms with Crippen LogP contribution in [0.2, 0.25) is 0 Å². The normalized spacial score (nSPS) is 13.9. The Labute approximate surface area is 181 Å². The maximum Gasteiger partial charge on any atom is 0.151 e. The molecule has 5 rings (SSSR count). The minimum absolute atomic E-state index is 0.764. The largest absolute Gasteiger partial charge is 0.455 e. The molecule has 3 aromatic carbocycles. The van der Waals surface area contributed by atoms with Gasteiger partial charge >= 0.3 is 0 Å². The van der Waals surface area contributed by atoms with Crippen LogP contribution >= 0.6 is 0 Å². The van der Waals surface area contributed by atoms with Gasteiger partial charge in [0.05, 0.1) is 17.6 Å². The van der Waals surface area contributed by atoms with Crippen molar-refractivity contribution in [2.24, 2.45) is 10.2 Å². The zero-order valence-electron chi connectivity index (χ0n) is 17.7. The Bertz CT molecular complexity index is 1270. The van der Waals surface area contributed by atoms with Gasteiger partial charge in [-0.25, -0.2) is 0 Å². The predicted molar refractivity (Wildman–Crippen MR) is 128 cm³/mol. The van der Waals surface area contributed by atoms with Crippen LogP contribution in [0.1, 0.15) is 23.8 Å². The molecule has 2 heterocycles. The minimum Gasteiger partial charge on any atom is -0.455 e. The lowest BCUT2D eigenvalue weighted by atomic mass is 10.1. The third-order valence-corrected chi connectivity index (χ3v) is 5.54. The fraction of sp³-hybridized carbons (Fsp3) is 0.154. The van der Waals surface area contributed by atoms with E-state index < -0.39 is 0 Å². The molecule has 0 saturated heterocycles. The molecule has 31 heavy (non-hydrogen) atoms. The van der Waals surface area contributed by atoms with E-state index in [2.05, 4.69) is 40.4 Å². The Hall–Kier alpha value is -3.86. The summed E-state index contributed by atoms with van der Waals surface area (Å²) >= 11 is 0. The number of benzene rings is 3. The maximum atomic E-state index is 6.03. The van der Waals surface area contributed by atoms with Gasteiger partial charge in [0.25, 0.3) is 0 Å². The summed E-state index contributed by atoms with van der Waals surface area (Å²) in [6.07, 6.45) is 2.95. The van der Waals surface area contributed by atoms with Gasteiger partial charge in [-0.2, -0.15) is 10.2 Å². The minimum atomic E-state index is 0.764. The Balaban J connectivity index is 1.36. The quantitative estimate of drug-likeness (QED) is 0.315. The van der Waals surface area contributed by atoms with Crippen LogP contribution in [-0.2, 0) is 6.42 Å². The smallest absolute Gasteiger partial charge is 0.151 e. The lowest BCUT2D eigenvalue weighted by Gasteiger charge is -2.13. The van der Waals surface area contributed by atoms with E-state index in [0.29, 0.717) is 0 Å². The molecule has 4 aromatic rings. The van der Waals surface area contributed by atoms with Crippen molar-refractivity contribution in [1.29, 1.82) is 0 Å². The summed E-state index contributed by atoms with van der Waals surface area (Å²) in [7, 11) is 1.94. The van der Waals surface area contributed by atoms with Crippen molar-refractivity contribution >= 4 is 34.3 Å². The van der Waals surface area contributed by atoms with Crippen molar-refractivity contribution in [3.05, 3.63) is 95.7 Å². The average Bonchev–Trinajstić information content (AvgIpc) is 3.42. The SMILES string of the molecule is C/C(=N\N(C)c1ccccc1)c1cc2cc(/C=N/N3CCc4ccccc43)ccc2o1. The third-order valence-electron chi connectivity index (χ3n) is 5.54. The summed E-state index contributed by atoms with van der Waals surface area (Å²) < 4.78 is 6.03. The molecule has 154 valence electrons. The Morgan fingerprint density at radius 3 is 2.68 bits per heavy atom. The lowest BCUT2D eigenvalue weighted by Crippen LogP contribution is -2.12. The first kappa shape index (κ1) is 19.1. The molecular weight excluding hydrogens is 384 g/mol. The first-order chi connectivity index (χ1) is 15.2. The number of para-hydroxylation sites is 2. The van der Waals surface area contributed by atoms with Crippen LogP contribution in [0.5, 0.6) is 0 Å². The fourth-order valence-corrected chi connectivity index (χ4v) is 3.87. The van der Waals surface area contributed by atoms with Gasteiger partial charge in [0.1, 0.15) is 11.3 Å². The average molecular weight is 409 g/mol. The fourth-order valence-electron chi connectivity index (χ4n) is 3.87. The summed E-state index contributed by atoms with van der Waals surface area (Å²) in [5, 5.41) is 14.3. The van der Waals surface area contributed by atoms with Gasteiger partial charge in [0.2, 0.25) is 0 Å². The van der Waals surface area contributed by atoms with Gasteiger partial charge in [-0.1, -0.05) is 36.4 Å². The van der Waals surface area contributed by atoms with Crippen LogP contribution < -0.4 is 10.0 Å². The molecule has 1 aromatic heterocycles. The van der Waals surface area contributed by atoms with E-state index in [0.717, 1.165) is 46.7 Å². The van der Waals surface area contributed by atoms with Gasteiger partial charge in [-0.3, -0.25) is 10.0 Å². The van der Waals surface area contributed by atoms with E-state index >= 15 is 0 Å². The molecule has 0 unspecified atom stereocenters. The first-order valence-electron chi connectivity index (χ1n) is 10.4. The van der Waals surface area contributed by atoms with Crippen LogP contribution in [0.25, 0.3) is 11.0 Å². The topological polar surface area (TPSA) is 44.3 Å². The third kappa shape index (κ3) is 3.94. The first-order valence-corrected chi connectivity index (χ1v) is 10.4. The van der Waals surface area contributed by atoms with Crippen molar-refractivity contribution in [2.75, 3.05) is 23.6 Å². The molecule has 0 radical (unpaired) electrons. The van der Waals surface area contributed by atoms with Gasteiger partial charge in [-0.15, -0.1) is 0 Å². The van der Waals surface area contributed by atoms with Crippen LogP contribution in [0.15, 0.2) is 93.5 Å². The summed E-state index contributed by atoms with van der Waals surface area (Å²) in [5.41, 5.74) is 6.28. The van der Waals surface area contributed by atoms with Gasteiger partial charge in [-0.05, 0) is 66.9 Å². The Kier molecular flexibility index (Phi) is 5.00. The molecule has 0 aliphatic carbocycles. The van der Waals surface area contributed by atoms with Crippen molar-refractivity contribution in [3.63, 3.8) is 0 Å². The molecule has 5 nitrogen and oxygen atoms in total. The number of rotatable bonds is 5. The van der Waals surface area contributed by atoms with E-state index in [1.54, 1.807) is 0 Å². The van der Waals surface area contributed by atoms with Crippen LogP contribution in [0, 0.1) is 0 Å². The van der Waals surface area contributed by atoms with E-state index in [4.69, 9.17) is 9.52 Å². The number of hydrogen-bond acceptors (Lipinski definition) is 5. The second kappa shape index (κ2) is 8.11. The highest BCUT2D eigenvalue weighted by atomic mass is 16.3. The van der Waals surface area contributed by atoms with Crippen molar-refractivity contribution in [1.82, 2.24) is 0 Å². The molecule has 1 aliphatic rings. The van der Waals surface area contributed by atoms with E-state index in [1.165, 1.54) is 11.3 Å². The molecular formula is C26H24N4O. The number of hydrazone groups is 2. The second-order valence-electron chi connectivity index (χ2n) is 7.70. The van der Waals surface area contributed by atoms with Gasteiger partial charge in [0.15, 0.2) is 5.76 Å². The second-order valence-corrected chi connectivity index (χ2v) is 7.70. The number of hydrogen-bond donors (Lipinski definition) is 0. The predicted octanol–water partition coefficient (Wildman–Crippen LogP) is 5.69. The summed E-state index contributed by atoms with van der Waals surface area (Å²) in [4.78, 5) is 0. The number of anilines is 2. The Morgan fingerprint density at radius 2 is 1.81 bits per heavy atom. The lowest BCUT2D eigenvalue weighted by molar-refractivity contribution is 0.603. The maximum absolute atomic E-state index is 6.03. The molecule has 0 saturated carbocycles. The monoisotopic (exact) mass is 408 g/mol. The Morgan fingerprint density at radius 1 is 1.00 bits per heavy atom. The van der Waals surface area contributed by atoms with E-state index in [-0.39, 0.29) is 0 Å². The molecule has 5 heteroatoms. The van der Waals surface area contributed by atoms with Crippen molar-refractivity contribution < 1.29 is 4.42 Å². The zero-order valence-corrected chi connectivity index (χ0v) is 17.7. The van der Waals surface area contributed by atoms with E-state index in [9.17, 15) is 0 Å². The van der Waals surface area contributed by atoms with E-state index in [1.807, 2.05) is 73.7 Å². The number of fused-ring (bicyclic) bond motifs is 2. The molecule has 0 spiro atoms. The van der Waals surface area contributed by atoms with Crippen molar-refractivity contribution in [2.45, 2.75) is 13.3 Å². The summed E-state index contributed by atoms with van der Waals surface area (Å²) in [6.45, 7) is 2.88. The summed E-state index contributed by atoms with van der Waals surface area (Å²) in [6, 6.07) is 26.7. The highest BCUT2D eigenvalue weighted by Gasteiger charge is 2.17.